The van der Waals surface area contributed by atoms with Gasteiger partial charge in [-0.15, -0.1) is 0 Å². The van der Waals surface area contributed by atoms with Gasteiger partial charge in [-0.2, -0.15) is 0 Å². The monoisotopic (exact) mass is 652 g/mol. The SMILES string of the molecule is CC(C)C[C@H](NC(=O)[C@H](Cc1ccccc1)NC(=O)[C@H](C)N)C(=O)N[C@@H](CCCN=C(N)N)C(=O)N[C@@H](Cc1ccccc1)C(=O)O. The Morgan fingerprint density at radius 1 is 0.681 bits per heavy atom. The van der Waals surface area contributed by atoms with E-state index in [4.69, 9.17) is 17.2 Å². The van der Waals surface area contributed by atoms with Crippen molar-refractivity contribution in [2.45, 2.75) is 83.1 Å². The minimum atomic E-state index is -1.26. The Bertz CT molecular complexity index is 1350. The predicted molar refractivity (Wildman–Crippen MR) is 179 cm³/mol. The van der Waals surface area contributed by atoms with Crippen LogP contribution in [0.5, 0.6) is 0 Å². The second kappa shape index (κ2) is 19.5. The van der Waals surface area contributed by atoms with Crippen molar-refractivity contribution in [2.75, 3.05) is 6.54 Å². The lowest BCUT2D eigenvalue weighted by atomic mass is 10.00. The van der Waals surface area contributed by atoms with Crippen LogP contribution in [0.15, 0.2) is 65.7 Å². The van der Waals surface area contributed by atoms with Gasteiger partial charge in [0.15, 0.2) is 5.96 Å². The summed E-state index contributed by atoms with van der Waals surface area (Å²) in [6, 6.07) is 12.5. The molecule has 0 heterocycles. The molecule has 2 rings (SSSR count). The second-order valence-electron chi connectivity index (χ2n) is 11.8. The number of nitrogens with zero attached hydrogens (tertiary/aromatic N) is 1. The van der Waals surface area contributed by atoms with Crippen LogP contribution < -0.4 is 38.5 Å². The Balaban J connectivity index is 2.28. The summed E-state index contributed by atoms with van der Waals surface area (Å²) in [6.07, 6.45) is 0.754. The fourth-order valence-corrected chi connectivity index (χ4v) is 4.70. The molecule has 0 saturated heterocycles. The van der Waals surface area contributed by atoms with E-state index < -0.39 is 59.8 Å². The first kappa shape index (κ1) is 38.2. The summed E-state index contributed by atoms with van der Waals surface area (Å²) in [7, 11) is 0. The molecule has 0 bridgehead atoms. The minimum absolute atomic E-state index is 0.0263. The Kier molecular flexibility index (Phi) is 15.9. The quantitative estimate of drug-likeness (QED) is 0.0575. The van der Waals surface area contributed by atoms with Gasteiger partial charge in [0.2, 0.25) is 23.6 Å². The highest BCUT2D eigenvalue weighted by Crippen LogP contribution is 2.11. The summed E-state index contributed by atoms with van der Waals surface area (Å²) >= 11 is 0. The largest absolute Gasteiger partial charge is 0.480 e. The van der Waals surface area contributed by atoms with Gasteiger partial charge in [0.1, 0.15) is 24.2 Å². The van der Waals surface area contributed by atoms with Gasteiger partial charge in [-0.25, -0.2) is 4.79 Å². The number of amides is 4. The van der Waals surface area contributed by atoms with Crippen LogP contribution >= 0.6 is 0 Å². The third-order valence-corrected chi connectivity index (χ3v) is 7.14. The molecule has 4 amide bonds. The Morgan fingerprint density at radius 3 is 1.62 bits per heavy atom. The first-order valence-electron chi connectivity index (χ1n) is 15.6. The molecule has 2 aromatic rings. The van der Waals surface area contributed by atoms with E-state index in [0.717, 1.165) is 5.56 Å². The molecule has 0 saturated carbocycles. The molecule has 0 aromatic heterocycles. The average Bonchev–Trinajstić information content (AvgIpc) is 3.01. The maximum Gasteiger partial charge on any atom is 0.326 e. The molecule has 14 nitrogen and oxygen atoms in total. The van der Waals surface area contributed by atoms with Crippen molar-refractivity contribution in [2.24, 2.45) is 28.1 Å². The number of aliphatic imine (C=N–C) groups is 1. The van der Waals surface area contributed by atoms with Gasteiger partial charge in [0.25, 0.3) is 0 Å². The Labute approximate surface area is 275 Å². The fraction of sp³-hybridized carbons (Fsp3) is 0.455. The van der Waals surface area contributed by atoms with E-state index in [1.54, 1.807) is 42.5 Å². The molecule has 0 fully saturated rings. The zero-order chi connectivity index (χ0) is 34.9. The summed E-state index contributed by atoms with van der Waals surface area (Å²) in [6.45, 7) is 5.40. The number of carbonyl (C=O) groups is 5. The summed E-state index contributed by atoms with van der Waals surface area (Å²) < 4.78 is 0. The summed E-state index contributed by atoms with van der Waals surface area (Å²) in [5, 5.41) is 20.5. The Morgan fingerprint density at radius 2 is 1.13 bits per heavy atom. The van der Waals surface area contributed by atoms with Crippen molar-refractivity contribution < 1.29 is 29.1 Å². The maximum atomic E-state index is 13.7. The standard InChI is InChI=1S/C33H48N8O6/c1-20(2)17-25(40-31(45)26(39-28(42)21(3)34)18-22-11-6-4-7-12-22)30(44)38-24(15-10-16-37-33(35)36)29(43)41-27(32(46)47)19-23-13-8-5-9-14-23/h4-9,11-14,20-21,24-27H,10,15-19,34H2,1-3H3,(H,38,44)(H,39,42)(H,40,45)(H,41,43)(H,46,47)(H4,35,36,37)/t21-,24-,25-,26-,27-/m0/s1. The lowest BCUT2D eigenvalue weighted by molar-refractivity contribution is -0.142. The summed E-state index contributed by atoms with van der Waals surface area (Å²) in [4.78, 5) is 69.2. The van der Waals surface area contributed by atoms with E-state index in [1.165, 1.54) is 6.92 Å². The molecule has 0 aliphatic heterocycles. The number of hydrogen-bond acceptors (Lipinski definition) is 7. The number of carboxylic acid groups (broad SMARTS) is 1. The van der Waals surface area contributed by atoms with E-state index in [1.807, 2.05) is 32.0 Å². The molecule has 0 radical (unpaired) electrons. The molecule has 0 aliphatic rings. The van der Waals surface area contributed by atoms with Crippen LogP contribution in [0.2, 0.25) is 0 Å². The van der Waals surface area contributed by atoms with Gasteiger partial charge in [0.05, 0.1) is 6.04 Å². The molecule has 2 aromatic carbocycles. The summed E-state index contributed by atoms with van der Waals surface area (Å²) in [5.41, 5.74) is 18.0. The molecule has 0 spiro atoms. The zero-order valence-electron chi connectivity index (χ0n) is 27.1. The van der Waals surface area contributed by atoms with Crippen molar-refractivity contribution >= 4 is 35.6 Å². The Hall–Kier alpha value is -4.98. The van der Waals surface area contributed by atoms with Crippen LogP contribution in [0.3, 0.4) is 0 Å². The highest BCUT2D eigenvalue weighted by molar-refractivity contribution is 5.95. The average molecular weight is 653 g/mol. The number of nitrogens with two attached hydrogens (primary N) is 3. The van der Waals surface area contributed by atoms with E-state index in [2.05, 4.69) is 26.3 Å². The highest BCUT2D eigenvalue weighted by atomic mass is 16.4. The van der Waals surface area contributed by atoms with Crippen molar-refractivity contribution in [1.29, 1.82) is 0 Å². The molecule has 11 N–H and O–H groups in total. The van der Waals surface area contributed by atoms with Crippen LogP contribution in [-0.2, 0) is 36.8 Å². The number of rotatable bonds is 19. The molecule has 256 valence electrons. The van der Waals surface area contributed by atoms with Gasteiger partial charge < -0.3 is 43.6 Å². The van der Waals surface area contributed by atoms with Gasteiger partial charge >= 0.3 is 5.97 Å². The summed E-state index contributed by atoms with van der Waals surface area (Å²) in [5.74, 6) is -3.93. The number of guanidine groups is 1. The molecule has 47 heavy (non-hydrogen) atoms. The number of hydrogen-bond donors (Lipinski definition) is 8. The first-order chi connectivity index (χ1) is 22.3. The van der Waals surface area contributed by atoms with Gasteiger partial charge in [-0.3, -0.25) is 24.2 Å². The fourth-order valence-electron chi connectivity index (χ4n) is 4.70. The molecule has 5 atom stereocenters. The van der Waals surface area contributed by atoms with Crippen molar-refractivity contribution in [1.82, 2.24) is 21.3 Å². The zero-order valence-corrected chi connectivity index (χ0v) is 27.1. The number of aliphatic carboxylic acids is 1. The van der Waals surface area contributed by atoms with E-state index in [9.17, 15) is 29.1 Å². The van der Waals surface area contributed by atoms with Gasteiger partial charge in [-0.1, -0.05) is 74.5 Å². The van der Waals surface area contributed by atoms with E-state index in [-0.39, 0.29) is 50.5 Å². The molecular formula is C33H48N8O6. The van der Waals surface area contributed by atoms with Crippen molar-refractivity contribution in [3.63, 3.8) is 0 Å². The van der Waals surface area contributed by atoms with E-state index in [0.29, 0.717) is 5.56 Å². The van der Waals surface area contributed by atoms with Crippen LogP contribution in [0, 0.1) is 5.92 Å². The normalized spacial score (nSPS) is 14.1. The smallest absolute Gasteiger partial charge is 0.326 e. The number of benzene rings is 2. The topological polar surface area (TPSA) is 244 Å². The van der Waals surface area contributed by atoms with Crippen molar-refractivity contribution in [3.8, 4) is 0 Å². The van der Waals surface area contributed by atoms with Crippen LogP contribution in [0.4, 0.5) is 0 Å². The molecule has 14 heteroatoms. The van der Waals surface area contributed by atoms with Gasteiger partial charge in [0, 0.05) is 19.4 Å². The van der Waals surface area contributed by atoms with Crippen LogP contribution in [0.25, 0.3) is 0 Å². The van der Waals surface area contributed by atoms with Crippen LogP contribution in [-0.4, -0.2) is 77.4 Å². The van der Waals surface area contributed by atoms with Crippen LogP contribution in [0.1, 0.15) is 51.2 Å². The lowest BCUT2D eigenvalue weighted by Gasteiger charge is -2.27. The second-order valence-corrected chi connectivity index (χ2v) is 11.8. The lowest BCUT2D eigenvalue weighted by Crippen LogP contribution is -2.59. The van der Waals surface area contributed by atoms with Gasteiger partial charge in [-0.05, 0) is 43.2 Å². The third-order valence-electron chi connectivity index (χ3n) is 7.14. The number of carboxylic acids is 1. The molecule has 0 aliphatic carbocycles. The number of carbonyl (C=O) groups excluding carboxylic acids is 4. The minimum Gasteiger partial charge on any atom is -0.480 e. The third kappa shape index (κ3) is 14.3. The maximum absolute atomic E-state index is 13.7. The first-order valence-corrected chi connectivity index (χ1v) is 15.6. The molecule has 0 unspecified atom stereocenters. The predicted octanol–water partition coefficient (Wildman–Crippen LogP) is -0.0575. The number of nitrogens with one attached hydrogen (secondary N) is 4. The highest BCUT2D eigenvalue weighted by Gasteiger charge is 2.32. The van der Waals surface area contributed by atoms with E-state index >= 15 is 0 Å². The van der Waals surface area contributed by atoms with Crippen molar-refractivity contribution in [3.05, 3.63) is 71.8 Å². The molecular weight excluding hydrogens is 604 g/mol.